The molecule has 0 spiro atoms. The van der Waals surface area contributed by atoms with Gasteiger partial charge in [0.1, 0.15) is 4.75 Å². The first-order chi connectivity index (χ1) is 9.50. The molecule has 0 saturated carbocycles. The normalized spacial score (nSPS) is 13.0. The minimum atomic E-state index is -3.59. The molecule has 0 saturated heterocycles. The lowest BCUT2D eigenvalue weighted by atomic mass is 10.1. The highest BCUT2D eigenvalue weighted by molar-refractivity contribution is 7.92. The average Bonchev–Trinajstić information content (AvgIpc) is 2.38. The second kappa shape index (κ2) is 5.90. The van der Waals surface area contributed by atoms with Gasteiger partial charge in [-0.1, -0.05) is 16.8 Å². The number of anilines is 1. The van der Waals surface area contributed by atoms with E-state index < -0.39 is 20.5 Å². The molecular formula is C12H16ClN3O4S. The van der Waals surface area contributed by atoms with Gasteiger partial charge in [0.2, 0.25) is 5.91 Å². The van der Waals surface area contributed by atoms with E-state index in [9.17, 15) is 13.2 Å². The van der Waals surface area contributed by atoms with Gasteiger partial charge in [-0.25, -0.2) is 8.42 Å². The van der Waals surface area contributed by atoms with Crippen LogP contribution in [-0.2, 0) is 14.6 Å². The van der Waals surface area contributed by atoms with Gasteiger partial charge in [0.25, 0.3) is 0 Å². The van der Waals surface area contributed by atoms with Gasteiger partial charge in [0.15, 0.2) is 15.7 Å². The van der Waals surface area contributed by atoms with Crippen molar-refractivity contribution in [2.75, 3.05) is 11.6 Å². The Morgan fingerprint density at radius 2 is 2.00 bits per heavy atom. The number of carbonyl (C=O) groups is 1. The van der Waals surface area contributed by atoms with Crippen molar-refractivity contribution in [3.05, 3.63) is 28.8 Å². The number of nitrogens with one attached hydrogen (secondary N) is 1. The summed E-state index contributed by atoms with van der Waals surface area (Å²) in [5, 5.41) is 14.0. The molecule has 1 aromatic rings. The lowest BCUT2D eigenvalue weighted by molar-refractivity contribution is -0.117. The summed E-state index contributed by atoms with van der Waals surface area (Å²) in [7, 11) is -3.59. The van der Waals surface area contributed by atoms with Crippen LogP contribution in [-0.4, -0.2) is 36.4 Å². The van der Waals surface area contributed by atoms with E-state index in [2.05, 4.69) is 10.5 Å². The SMILES string of the molecule is CC(C)(C(=O)Nc1ccc(/C(N)=N/O)cc1Cl)S(C)(=O)=O. The summed E-state index contributed by atoms with van der Waals surface area (Å²) >= 11 is 5.98. The first kappa shape index (κ1) is 17.3. The number of hydrogen-bond donors (Lipinski definition) is 3. The summed E-state index contributed by atoms with van der Waals surface area (Å²) < 4.78 is 21.6. The Morgan fingerprint density at radius 1 is 1.43 bits per heavy atom. The Morgan fingerprint density at radius 3 is 2.43 bits per heavy atom. The van der Waals surface area contributed by atoms with Crippen LogP contribution < -0.4 is 11.1 Å². The molecule has 7 nitrogen and oxygen atoms in total. The van der Waals surface area contributed by atoms with Crippen LogP contribution in [0.5, 0.6) is 0 Å². The molecule has 9 heteroatoms. The van der Waals surface area contributed by atoms with Gasteiger partial charge in [0.05, 0.1) is 10.7 Å². The maximum Gasteiger partial charge on any atom is 0.245 e. The van der Waals surface area contributed by atoms with Gasteiger partial charge in [-0.2, -0.15) is 0 Å². The van der Waals surface area contributed by atoms with Gasteiger partial charge in [-0.05, 0) is 32.0 Å². The standard InChI is InChI=1S/C12H16ClN3O4S/c1-12(2,21(3,19)20)11(17)15-9-5-4-7(6-8(9)13)10(14)16-18/h4-6,18H,1-3H3,(H2,14,16)(H,15,17). The molecule has 21 heavy (non-hydrogen) atoms. The molecule has 0 aliphatic rings. The summed E-state index contributed by atoms with van der Waals surface area (Å²) in [6.07, 6.45) is 0.982. The second-order valence-corrected chi connectivity index (χ2v) is 7.89. The molecule has 0 aliphatic heterocycles. The number of rotatable bonds is 4. The minimum Gasteiger partial charge on any atom is -0.409 e. The fourth-order valence-electron chi connectivity index (χ4n) is 1.27. The van der Waals surface area contributed by atoms with E-state index in [1.54, 1.807) is 0 Å². The predicted octanol–water partition coefficient (Wildman–Crippen LogP) is 1.20. The monoisotopic (exact) mass is 333 g/mol. The van der Waals surface area contributed by atoms with Crippen molar-refractivity contribution in [1.82, 2.24) is 0 Å². The number of benzene rings is 1. The van der Waals surface area contributed by atoms with Crippen molar-refractivity contribution in [1.29, 1.82) is 0 Å². The molecule has 0 aromatic heterocycles. The zero-order valence-electron chi connectivity index (χ0n) is 11.7. The van der Waals surface area contributed by atoms with Crippen molar-refractivity contribution in [2.45, 2.75) is 18.6 Å². The van der Waals surface area contributed by atoms with Crippen LogP contribution >= 0.6 is 11.6 Å². The van der Waals surface area contributed by atoms with E-state index in [0.29, 0.717) is 5.56 Å². The zero-order valence-corrected chi connectivity index (χ0v) is 13.3. The average molecular weight is 334 g/mol. The van der Waals surface area contributed by atoms with E-state index in [-0.39, 0.29) is 16.5 Å². The van der Waals surface area contributed by atoms with Gasteiger partial charge in [0, 0.05) is 11.8 Å². The first-order valence-electron chi connectivity index (χ1n) is 5.79. The molecule has 0 atom stereocenters. The van der Waals surface area contributed by atoms with Gasteiger partial charge in [-0.3, -0.25) is 4.79 Å². The number of nitrogens with zero attached hydrogens (tertiary/aromatic N) is 1. The van der Waals surface area contributed by atoms with Crippen LogP contribution in [0, 0.1) is 0 Å². The van der Waals surface area contributed by atoms with Gasteiger partial charge >= 0.3 is 0 Å². The largest absolute Gasteiger partial charge is 0.409 e. The maximum atomic E-state index is 12.1. The highest BCUT2D eigenvalue weighted by atomic mass is 35.5. The molecule has 1 aromatic carbocycles. The molecule has 1 rings (SSSR count). The lowest BCUT2D eigenvalue weighted by Crippen LogP contribution is -2.43. The molecule has 116 valence electrons. The van der Waals surface area contributed by atoms with Crippen LogP contribution in [0.15, 0.2) is 23.4 Å². The molecule has 0 bridgehead atoms. The fourth-order valence-corrected chi connectivity index (χ4v) is 1.89. The number of amides is 1. The van der Waals surface area contributed by atoms with E-state index in [1.165, 1.54) is 32.0 Å². The molecule has 0 radical (unpaired) electrons. The van der Waals surface area contributed by atoms with Crippen LogP contribution in [0.2, 0.25) is 5.02 Å². The van der Waals surface area contributed by atoms with Gasteiger partial charge in [-0.15, -0.1) is 0 Å². The van der Waals surface area contributed by atoms with Gasteiger partial charge < -0.3 is 16.3 Å². The number of oxime groups is 1. The fraction of sp³-hybridized carbons (Fsp3) is 0.333. The summed E-state index contributed by atoms with van der Waals surface area (Å²) in [4.78, 5) is 12.1. The lowest BCUT2D eigenvalue weighted by Gasteiger charge is -2.21. The minimum absolute atomic E-state index is 0.133. The van der Waals surface area contributed by atoms with Crippen molar-refractivity contribution in [3.63, 3.8) is 0 Å². The van der Waals surface area contributed by atoms with E-state index in [4.69, 9.17) is 22.5 Å². The summed E-state index contributed by atoms with van der Waals surface area (Å²) in [6, 6.07) is 4.30. The highest BCUT2D eigenvalue weighted by Gasteiger charge is 2.38. The number of amidine groups is 1. The van der Waals surface area contributed by atoms with Crippen molar-refractivity contribution in [2.24, 2.45) is 10.9 Å². The third-order valence-corrected chi connectivity index (χ3v) is 5.45. The predicted molar refractivity (Wildman–Crippen MR) is 81.5 cm³/mol. The number of hydrogen-bond acceptors (Lipinski definition) is 5. The maximum absolute atomic E-state index is 12.1. The number of nitrogens with two attached hydrogens (primary N) is 1. The van der Waals surface area contributed by atoms with E-state index >= 15 is 0 Å². The van der Waals surface area contributed by atoms with E-state index in [0.717, 1.165) is 6.26 Å². The zero-order chi connectivity index (χ0) is 16.4. The third-order valence-electron chi connectivity index (χ3n) is 3.09. The Labute approximate surface area is 127 Å². The number of halogens is 1. The Bertz CT molecular complexity index is 698. The third kappa shape index (κ3) is 3.64. The van der Waals surface area contributed by atoms with Crippen molar-refractivity contribution in [3.8, 4) is 0 Å². The van der Waals surface area contributed by atoms with E-state index in [1.807, 2.05) is 0 Å². The summed E-state index contributed by atoms with van der Waals surface area (Å²) in [5.41, 5.74) is 6.01. The molecular weight excluding hydrogens is 318 g/mol. The van der Waals surface area contributed by atoms with Crippen LogP contribution in [0.25, 0.3) is 0 Å². The molecule has 0 fully saturated rings. The first-order valence-corrected chi connectivity index (χ1v) is 8.06. The van der Waals surface area contributed by atoms with Crippen molar-refractivity contribution < 1.29 is 18.4 Å². The Kier molecular flexibility index (Phi) is 4.85. The highest BCUT2D eigenvalue weighted by Crippen LogP contribution is 2.25. The van der Waals surface area contributed by atoms with Crippen LogP contribution in [0.3, 0.4) is 0 Å². The number of sulfone groups is 1. The second-order valence-electron chi connectivity index (χ2n) is 4.92. The molecule has 0 unspecified atom stereocenters. The molecule has 4 N–H and O–H groups in total. The smallest absolute Gasteiger partial charge is 0.245 e. The number of carbonyl (C=O) groups excluding carboxylic acids is 1. The summed E-state index contributed by atoms with van der Waals surface area (Å²) in [6.45, 7) is 2.60. The topological polar surface area (TPSA) is 122 Å². The van der Waals surface area contributed by atoms with Crippen molar-refractivity contribution >= 4 is 38.9 Å². The Balaban J connectivity index is 3.08. The molecule has 1 amide bonds. The molecule has 0 aliphatic carbocycles. The molecule has 0 heterocycles. The van der Waals surface area contributed by atoms with Crippen LogP contribution in [0.1, 0.15) is 19.4 Å². The Hall–Kier alpha value is -1.80. The quantitative estimate of drug-likeness (QED) is 0.331. The summed E-state index contributed by atoms with van der Waals surface area (Å²) in [5.74, 6) is -0.838. The van der Waals surface area contributed by atoms with Crippen LogP contribution in [0.4, 0.5) is 5.69 Å².